The molecular formula is C24H34FN7O3. The third kappa shape index (κ3) is 5.98. The van der Waals surface area contributed by atoms with Crippen molar-refractivity contribution in [2.24, 2.45) is 0 Å². The minimum absolute atomic E-state index is 0.0206. The lowest BCUT2D eigenvalue weighted by atomic mass is 10.1. The molecule has 35 heavy (non-hydrogen) atoms. The summed E-state index contributed by atoms with van der Waals surface area (Å²) in [5, 5.41) is 17.6. The molecule has 0 spiro atoms. The summed E-state index contributed by atoms with van der Waals surface area (Å²) in [6, 6.07) is 3.66. The van der Waals surface area contributed by atoms with E-state index in [1.54, 1.807) is 10.9 Å². The first-order valence-electron chi connectivity index (χ1n) is 12.0. The van der Waals surface area contributed by atoms with Gasteiger partial charge in [-0.05, 0) is 30.5 Å². The summed E-state index contributed by atoms with van der Waals surface area (Å²) in [6.07, 6.45) is 4.61. The Hall–Kier alpha value is -3.02. The number of anilines is 2. The molecule has 0 bridgehead atoms. The number of hydrogen-bond acceptors (Lipinski definition) is 9. The number of nitrogen functional groups attached to an aromatic ring is 1. The largest absolute Gasteiger partial charge is 0.496 e. The number of aliphatic hydroxyl groups is 1. The molecule has 0 saturated carbocycles. The van der Waals surface area contributed by atoms with Crippen LogP contribution in [-0.2, 0) is 17.8 Å². The van der Waals surface area contributed by atoms with E-state index in [1.165, 1.54) is 13.2 Å². The first kappa shape index (κ1) is 25.1. The number of hydrogen-bond donors (Lipinski definition) is 3. The number of nitrogens with two attached hydrogens (primary N) is 1. The van der Waals surface area contributed by atoms with Gasteiger partial charge in [0, 0.05) is 32.3 Å². The topological polar surface area (TPSA) is 124 Å². The van der Waals surface area contributed by atoms with Crippen molar-refractivity contribution in [3.8, 4) is 5.75 Å². The average molecular weight is 488 g/mol. The Morgan fingerprint density at radius 1 is 1.34 bits per heavy atom. The monoisotopic (exact) mass is 487 g/mol. The van der Waals surface area contributed by atoms with Gasteiger partial charge >= 0.3 is 0 Å². The van der Waals surface area contributed by atoms with Gasteiger partial charge in [-0.3, -0.25) is 4.68 Å². The predicted octanol–water partition coefficient (Wildman–Crippen LogP) is 2.08. The van der Waals surface area contributed by atoms with Crippen LogP contribution in [0.15, 0.2) is 18.3 Å². The Morgan fingerprint density at radius 2 is 2.20 bits per heavy atom. The van der Waals surface area contributed by atoms with Gasteiger partial charge in [0.05, 0.1) is 38.6 Å². The molecule has 3 aromatic rings. The number of aliphatic hydroxyl groups excluding tert-OH is 1. The molecule has 1 aliphatic rings. The number of nitrogens with one attached hydrogen (secondary N) is 1. The molecule has 0 radical (unpaired) electrons. The van der Waals surface area contributed by atoms with E-state index in [0.717, 1.165) is 31.4 Å². The number of ether oxygens (including phenoxy) is 2. The fourth-order valence-electron chi connectivity index (χ4n) is 4.28. The minimum atomic E-state index is -0.362. The summed E-state index contributed by atoms with van der Waals surface area (Å²) in [7, 11) is 1.53. The molecule has 0 aliphatic carbocycles. The van der Waals surface area contributed by atoms with E-state index in [4.69, 9.17) is 15.2 Å². The molecule has 11 heteroatoms. The third-order valence-electron chi connectivity index (χ3n) is 6.14. The second-order valence-corrected chi connectivity index (χ2v) is 8.73. The SMILES string of the molecule is CCCCN(CCO)c1nc(N)nc2cn(Cc3c(F)cc(CN[C@@H]4CCOC4)cc3OC)nc12. The molecule has 1 aromatic carbocycles. The zero-order valence-corrected chi connectivity index (χ0v) is 20.3. The summed E-state index contributed by atoms with van der Waals surface area (Å²) in [6.45, 7) is 5.31. The Labute approximate surface area is 204 Å². The van der Waals surface area contributed by atoms with Crippen molar-refractivity contribution in [3.63, 3.8) is 0 Å². The fourth-order valence-corrected chi connectivity index (χ4v) is 4.28. The highest BCUT2D eigenvalue weighted by Crippen LogP contribution is 2.28. The molecule has 1 atom stereocenters. The maximum absolute atomic E-state index is 15.2. The van der Waals surface area contributed by atoms with E-state index >= 15 is 4.39 Å². The first-order chi connectivity index (χ1) is 17.0. The smallest absolute Gasteiger partial charge is 0.222 e. The number of methoxy groups -OCH3 is 1. The van der Waals surface area contributed by atoms with E-state index in [-0.39, 0.29) is 31.0 Å². The minimum Gasteiger partial charge on any atom is -0.496 e. The van der Waals surface area contributed by atoms with E-state index in [1.807, 2.05) is 11.0 Å². The fraction of sp³-hybridized carbons (Fsp3) is 0.542. The van der Waals surface area contributed by atoms with Crippen molar-refractivity contribution in [3.05, 3.63) is 35.3 Å². The number of nitrogens with zero attached hydrogens (tertiary/aromatic N) is 5. The number of unbranched alkanes of at least 4 members (excludes halogenated alkanes) is 1. The Morgan fingerprint density at radius 3 is 2.91 bits per heavy atom. The van der Waals surface area contributed by atoms with Crippen molar-refractivity contribution in [2.75, 3.05) is 50.7 Å². The quantitative estimate of drug-likeness (QED) is 0.352. The van der Waals surface area contributed by atoms with Gasteiger partial charge in [0.25, 0.3) is 0 Å². The molecule has 1 aliphatic heterocycles. The molecule has 1 saturated heterocycles. The molecule has 3 heterocycles. The molecule has 0 amide bonds. The van der Waals surface area contributed by atoms with E-state index < -0.39 is 0 Å². The van der Waals surface area contributed by atoms with Gasteiger partial charge in [0.15, 0.2) is 11.3 Å². The number of aromatic nitrogens is 4. The Balaban J connectivity index is 1.60. The van der Waals surface area contributed by atoms with Crippen LogP contribution < -0.4 is 20.7 Å². The highest BCUT2D eigenvalue weighted by Gasteiger charge is 2.20. The lowest BCUT2D eigenvalue weighted by Crippen LogP contribution is -2.29. The molecule has 2 aromatic heterocycles. The van der Waals surface area contributed by atoms with Crippen LogP contribution >= 0.6 is 0 Å². The van der Waals surface area contributed by atoms with Crippen molar-refractivity contribution in [1.29, 1.82) is 0 Å². The molecule has 4 rings (SSSR count). The highest BCUT2D eigenvalue weighted by molar-refractivity contribution is 5.86. The van der Waals surface area contributed by atoms with Crippen molar-refractivity contribution in [2.45, 2.75) is 45.3 Å². The van der Waals surface area contributed by atoms with E-state index in [0.29, 0.717) is 54.4 Å². The number of halogens is 1. The van der Waals surface area contributed by atoms with Crippen molar-refractivity contribution < 1.29 is 19.0 Å². The molecule has 0 unspecified atom stereocenters. The van der Waals surface area contributed by atoms with Crippen LogP contribution in [0.5, 0.6) is 5.75 Å². The van der Waals surface area contributed by atoms with Crippen LogP contribution in [0, 0.1) is 5.82 Å². The summed E-state index contributed by atoms with van der Waals surface area (Å²) >= 11 is 0. The zero-order chi connectivity index (χ0) is 24.8. The van der Waals surface area contributed by atoms with Crippen LogP contribution in [-0.4, -0.2) is 70.9 Å². The molecule has 1 fully saturated rings. The van der Waals surface area contributed by atoms with Gasteiger partial charge in [-0.2, -0.15) is 10.1 Å². The van der Waals surface area contributed by atoms with Crippen LogP contribution in [0.3, 0.4) is 0 Å². The molecule has 10 nitrogen and oxygen atoms in total. The van der Waals surface area contributed by atoms with Gasteiger partial charge in [0.2, 0.25) is 5.95 Å². The van der Waals surface area contributed by atoms with Crippen LogP contribution in [0.4, 0.5) is 16.2 Å². The van der Waals surface area contributed by atoms with Crippen molar-refractivity contribution >= 4 is 22.8 Å². The van der Waals surface area contributed by atoms with Gasteiger partial charge in [0.1, 0.15) is 17.1 Å². The molecule has 190 valence electrons. The van der Waals surface area contributed by atoms with E-state index in [2.05, 4.69) is 27.3 Å². The number of benzene rings is 1. The van der Waals surface area contributed by atoms with Crippen LogP contribution in [0.25, 0.3) is 11.0 Å². The second kappa shape index (κ2) is 11.6. The van der Waals surface area contributed by atoms with Gasteiger partial charge in [-0.25, -0.2) is 9.37 Å². The first-order valence-corrected chi connectivity index (χ1v) is 12.0. The summed E-state index contributed by atoms with van der Waals surface area (Å²) in [4.78, 5) is 10.7. The summed E-state index contributed by atoms with van der Waals surface area (Å²) in [5.74, 6) is 0.789. The summed E-state index contributed by atoms with van der Waals surface area (Å²) < 4.78 is 27.7. The standard InChI is InChI=1S/C24H34FN7O3/c1-3-4-6-31(7-8-33)23-22-20(28-24(26)29-23)14-32(30-22)13-18-19(25)10-16(11-21(18)34-2)12-27-17-5-9-35-15-17/h10-11,14,17,27,33H,3-9,12-13,15H2,1-2H3,(H2,26,28)/t17-/m1/s1. The maximum Gasteiger partial charge on any atom is 0.222 e. The predicted molar refractivity (Wildman–Crippen MR) is 132 cm³/mol. The van der Waals surface area contributed by atoms with Gasteiger partial charge < -0.3 is 30.5 Å². The maximum atomic E-state index is 15.2. The lowest BCUT2D eigenvalue weighted by molar-refractivity contribution is 0.190. The normalized spacial score (nSPS) is 15.7. The Kier molecular flexibility index (Phi) is 8.32. The van der Waals surface area contributed by atoms with E-state index in [9.17, 15) is 5.11 Å². The van der Waals surface area contributed by atoms with Crippen LogP contribution in [0.2, 0.25) is 0 Å². The zero-order valence-electron chi connectivity index (χ0n) is 20.3. The van der Waals surface area contributed by atoms with Gasteiger partial charge in [-0.15, -0.1) is 0 Å². The average Bonchev–Trinajstić information content (AvgIpc) is 3.51. The summed E-state index contributed by atoms with van der Waals surface area (Å²) in [5.41, 5.74) is 8.29. The molecular weight excluding hydrogens is 453 g/mol. The second-order valence-electron chi connectivity index (χ2n) is 8.73. The van der Waals surface area contributed by atoms with Gasteiger partial charge in [-0.1, -0.05) is 13.3 Å². The van der Waals surface area contributed by atoms with Crippen LogP contribution in [0.1, 0.15) is 37.3 Å². The third-order valence-corrected chi connectivity index (χ3v) is 6.14. The van der Waals surface area contributed by atoms with Crippen molar-refractivity contribution in [1.82, 2.24) is 25.1 Å². The highest BCUT2D eigenvalue weighted by atomic mass is 19.1. The lowest BCUT2D eigenvalue weighted by Gasteiger charge is -2.22. The number of fused-ring (bicyclic) bond motifs is 1. The molecule has 4 N–H and O–H groups in total. The number of rotatable bonds is 12. The Bertz CT molecular complexity index is 1130.